The van der Waals surface area contributed by atoms with Crippen LogP contribution in [-0.2, 0) is 9.31 Å². The Hall–Kier alpha value is -0.795. The molecule has 1 aliphatic rings. The van der Waals surface area contributed by atoms with Gasteiger partial charge in [-0.1, -0.05) is 30.3 Å². The molecule has 0 bridgehead atoms. The van der Waals surface area contributed by atoms with E-state index in [4.69, 9.17) is 9.31 Å². The van der Waals surface area contributed by atoms with Gasteiger partial charge in [0, 0.05) is 12.2 Å². The Morgan fingerprint density at radius 2 is 1.50 bits per heavy atom. The van der Waals surface area contributed by atoms with E-state index >= 15 is 0 Å². The van der Waals surface area contributed by atoms with Gasteiger partial charge in [0.05, 0.1) is 0 Å². The van der Waals surface area contributed by atoms with Crippen LogP contribution in [0.3, 0.4) is 0 Å². The molecule has 1 aliphatic heterocycles. The van der Waals surface area contributed by atoms with E-state index in [1.165, 1.54) is 0 Å². The van der Waals surface area contributed by atoms with E-state index in [1.807, 2.05) is 25.0 Å². The Morgan fingerprint density at radius 1 is 1.00 bits per heavy atom. The lowest BCUT2D eigenvalue weighted by Crippen LogP contribution is -2.47. The van der Waals surface area contributed by atoms with Gasteiger partial charge in [-0.3, -0.25) is 0 Å². The van der Waals surface area contributed by atoms with Crippen molar-refractivity contribution in [3.05, 3.63) is 30.3 Å². The second-order valence-electron chi connectivity index (χ2n) is 4.19. The molecule has 0 amide bonds. The number of hydrogen-bond donors (Lipinski definition) is 0. The van der Waals surface area contributed by atoms with Crippen LogP contribution >= 0.6 is 0 Å². The Balaban J connectivity index is 2.27. The van der Waals surface area contributed by atoms with Gasteiger partial charge < -0.3 is 9.31 Å². The molecule has 2 nitrogen and oxygen atoms in total. The molecular formula is C11H16BO2-. The van der Waals surface area contributed by atoms with Crippen molar-refractivity contribution in [2.45, 2.75) is 32.9 Å². The van der Waals surface area contributed by atoms with Crippen LogP contribution in [0.25, 0.3) is 0 Å². The first-order chi connectivity index (χ1) is 6.62. The third-order valence-corrected chi connectivity index (χ3v) is 3.01. The summed E-state index contributed by atoms with van der Waals surface area (Å²) in [7, 11) is 0. The van der Waals surface area contributed by atoms with E-state index in [9.17, 15) is 0 Å². The Kier molecular flexibility index (Phi) is 2.37. The van der Waals surface area contributed by atoms with Crippen molar-refractivity contribution in [1.82, 2.24) is 0 Å². The van der Waals surface area contributed by atoms with Gasteiger partial charge in [-0.2, -0.15) is 5.46 Å². The minimum atomic E-state index is -1.25. The molecule has 2 unspecified atom stereocenters. The van der Waals surface area contributed by atoms with Crippen molar-refractivity contribution >= 4 is 12.0 Å². The van der Waals surface area contributed by atoms with Crippen molar-refractivity contribution in [3.8, 4) is 0 Å². The maximum absolute atomic E-state index is 5.89. The van der Waals surface area contributed by atoms with Crippen LogP contribution in [0, 0.1) is 0 Å². The molecule has 1 fully saturated rings. The molecular weight excluding hydrogens is 175 g/mol. The molecule has 2 rings (SSSR count). The Bertz CT molecular complexity index is 302. The maximum Gasteiger partial charge on any atom is 0.267 e. The lowest BCUT2D eigenvalue weighted by Gasteiger charge is -2.31. The van der Waals surface area contributed by atoms with E-state index < -0.39 is 6.55 Å². The summed E-state index contributed by atoms with van der Waals surface area (Å²) in [5.41, 5.74) is 1.14. The average Bonchev–Trinajstić information content (AvgIpc) is 2.44. The molecule has 1 saturated heterocycles. The lowest BCUT2D eigenvalue weighted by molar-refractivity contribution is 0.187. The first kappa shape index (κ1) is 9.75. The van der Waals surface area contributed by atoms with Crippen molar-refractivity contribution < 1.29 is 9.31 Å². The highest BCUT2D eigenvalue weighted by Gasteiger charge is 2.35. The number of rotatable bonds is 1. The molecule has 76 valence electrons. The number of hydrogen-bond acceptors (Lipinski definition) is 2. The summed E-state index contributed by atoms with van der Waals surface area (Å²) in [6.07, 6.45) is 0.361. The van der Waals surface area contributed by atoms with Crippen molar-refractivity contribution in [1.29, 1.82) is 0 Å². The molecule has 14 heavy (non-hydrogen) atoms. The molecule has 0 N–H and O–H groups in total. The van der Waals surface area contributed by atoms with Crippen LogP contribution in [0.1, 0.15) is 13.8 Å². The van der Waals surface area contributed by atoms with Gasteiger partial charge in [0.15, 0.2) is 0 Å². The SMILES string of the molecule is CC1O[B-](C)(c2ccccc2)OC1C. The molecule has 0 radical (unpaired) electrons. The van der Waals surface area contributed by atoms with Gasteiger partial charge in [-0.15, -0.1) is 6.82 Å². The predicted octanol–water partition coefficient (Wildman–Crippen LogP) is 1.79. The monoisotopic (exact) mass is 191 g/mol. The predicted molar refractivity (Wildman–Crippen MR) is 58.8 cm³/mol. The molecule has 1 aromatic rings. The van der Waals surface area contributed by atoms with E-state index in [2.05, 4.69) is 26.0 Å². The topological polar surface area (TPSA) is 18.5 Å². The van der Waals surface area contributed by atoms with Gasteiger partial charge in [-0.25, -0.2) is 0 Å². The van der Waals surface area contributed by atoms with Gasteiger partial charge in [-0.05, 0) is 13.8 Å². The van der Waals surface area contributed by atoms with Crippen LogP contribution < -0.4 is 5.46 Å². The van der Waals surface area contributed by atoms with Gasteiger partial charge in [0.1, 0.15) is 0 Å². The highest BCUT2D eigenvalue weighted by molar-refractivity contribution is 6.80. The van der Waals surface area contributed by atoms with Crippen LogP contribution in [0.2, 0.25) is 6.82 Å². The molecule has 1 heterocycles. The van der Waals surface area contributed by atoms with E-state index in [0.717, 1.165) is 5.46 Å². The smallest absolute Gasteiger partial charge is 0.267 e. The quantitative estimate of drug-likeness (QED) is 0.630. The van der Waals surface area contributed by atoms with Crippen molar-refractivity contribution in [2.24, 2.45) is 0 Å². The molecule has 3 heteroatoms. The average molecular weight is 191 g/mol. The Labute approximate surface area is 85.2 Å². The second-order valence-corrected chi connectivity index (χ2v) is 4.19. The van der Waals surface area contributed by atoms with Crippen LogP contribution in [0.5, 0.6) is 0 Å². The maximum atomic E-state index is 5.89. The standard InChI is InChI=1S/C11H16BO2/c1-9-10(2)14-12(3,13-9)11-7-5-4-6-8-11/h4-10H,1-3H3/q-1. The molecule has 0 saturated carbocycles. The summed E-state index contributed by atoms with van der Waals surface area (Å²) in [5, 5.41) is 0. The van der Waals surface area contributed by atoms with Gasteiger partial charge in [0.25, 0.3) is 6.55 Å². The fourth-order valence-corrected chi connectivity index (χ4v) is 2.03. The molecule has 2 atom stereocenters. The van der Waals surface area contributed by atoms with Gasteiger partial charge in [0.2, 0.25) is 0 Å². The van der Waals surface area contributed by atoms with Crippen LogP contribution in [0.15, 0.2) is 30.3 Å². The first-order valence-corrected chi connectivity index (χ1v) is 5.21. The summed E-state index contributed by atoms with van der Waals surface area (Å²) in [6, 6.07) is 10.2. The highest BCUT2D eigenvalue weighted by Crippen LogP contribution is 2.24. The lowest BCUT2D eigenvalue weighted by atomic mass is 9.54. The highest BCUT2D eigenvalue weighted by atomic mass is 16.7. The van der Waals surface area contributed by atoms with E-state index in [0.29, 0.717) is 0 Å². The minimum absolute atomic E-state index is 0.181. The molecule has 0 spiro atoms. The van der Waals surface area contributed by atoms with E-state index in [-0.39, 0.29) is 12.2 Å². The Morgan fingerprint density at radius 3 is 2.00 bits per heavy atom. The second kappa shape index (κ2) is 3.41. The van der Waals surface area contributed by atoms with Crippen LogP contribution in [-0.4, -0.2) is 18.8 Å². The summed E-state index contributed by atoms with van der Waals surface area (Å²) in [4.78, 5) is 0. The fraction of sp³-hybridized carbons (Fsp3) is 0.455. The van der Waals surface area contributed by atoms with Crippen LogP contribution in [0.4, 0.5) is 0 Å². The summed E-state index contributed by atoms with van der Waals surface area (Å²) in [5.74, 6) is 0. The first-order valence-electron chi connectivity index (χ1n) is 5.21. The zero-order valence-electron chi connectivity index (χ0n) is 8.94. The van der Waals surface area contributed by atoms with Crippen molar-refractivity contribution in [2.75, 3.05) is 0 Å². The van der Waals surface area contributed by atoms with E-state index in [1.54, 1.807) is 0 Å². The number of benzene rings is 1. The molecule has 1 aromatic carbocycles. The third kappa shape index (κ3) is 1.58. The largest absolute Gasteiger partial charge is 0.561 e. The third-order valence-electron chi connectivity index (χ3n) is 3.01. The summed E-state index contributed by atoms with van der Waals surface area (Å²) in [6.45, 7) is 4.90. The zero-order chi connectivity index (χ0) is 10.2. The minimum Gasteiger partial charge on any atom is -0.561 e. The zero-order valence-corrected chi connectivity index (χ0v) is 8.94. The summed E-state index contributed by atoms with van der Waals surface area (Å²) >= 11 is 0. The molecule has 0 aliphatic carbocycles. The van der Waals surface area contributed by atoms with Gasteiger partial charge >= 0.3 is 0 Å². The fourth-order valence-electron chi connectivity index (χ4n) is 2.03. The van der Waals surface area contributed by atoms with Crippen molar-refractivity contribution in [3.63, 3.8) is 0 Å². The normalized spacial score (nSPS) is 37.4. The summed E-state index contributed by atoms with van der Waals surface area (Å²) < 4.78 is 11.8. The molecule has 0 aromatic heterocycles.